The van der Waals surface area contributed by atoms with Crippen molar-refractivity contribution in [2.75, 3.05) is 21.3 Å². The van der Waals surface area contributed by atoms with E-state index in [2.05, 4.69) is 19.2 Å². The molecule has 2 aromatic rings. The molecule has 5 nitrogen and oxygen atoms in total. The van der Waals surface area contributed by atoms with E-state index in [0.717, 1.165) is 5.56 Å². The van der Waals surface area contributed by atoms with Gasteiger partial charge in [0.1, 0.15) is 5.75 Å². The third-order valence-electron chi connectivity index (χ3n) is 4.06. The van der Waals surface area contributed by atoms with Gasteiger partial charge in [0, 0.05) is 12.1 Å². The number of nitrogens with one attached hydrogen (secondary N) is 1. The van der Waals surface area contributed by atoms with Crippen LogP contribution >= 0.6 is 0 Å². The molecule has 0 aliphatic rings. The Hall–Kier alpha value is -2.69. The SMILES string of the molecule is COc1cc(OC)c(C(=O)NC(c2ccccc2)C(C)C)cc1OC. The highest BCUT2D eigenvalue weighted by molar-refractivity contribution is 5.98. The van der Waals surface area contributed by atoms with Crippen LogP contribution in [-0.4, -0.2) is 27.2 Å². The number of ether oxygens (including phenoxy) is 3. The second kappa shape index (κ2) is 8.42. The van der Waals surface area contributed by atoms with Crippen molar-refractivity contribution < 1.29 is 19.0 Å². The van der Waals surface area contributed by atoms with Crippen LogP contribution in [0.15, 0.2) is 42.5 Å². The molecule has 0 fully saturated rings. The Morgan fingerprint density at radius 2 is 1.44 bits per heavy atom. The van der Waals surface area contributed by atoms with Gasteiger partial charge >= 0.3 is 0 Å². The molecule has 1 amide bonds. The maximum absolute atomic E-state index is 12.9. The summed E-state index contributed by atoms with van der Waals surface area (Å²) >= 11 is 0. The molecule has 0 saturated heterocycles. The van der Waals surface area contributed by atoms with Gasteiger partial charge in [-0.1, -0.05) is 44.2 Å². The first kappa shape index (κ1) is 18.6. The summed E-state index contributed by atoms with van der Waals surface area (Å²) < 4.78 is 15.9. The fourth-order valence-electron chi connectivity index (χ4n) is 2.72. The van der Waals surface area contributed by atoms with Gasteiger partial charge in [-0.25, -0.2) is 0 Å². The van der Waals surface area contributed by atoms with Gasteiger partial charge in [0.25, 0.3) is 5.91 Å². The van der Waals surface area contributed by atoms with Crippen LogP contribution in [0, 0.1) is 5.92 Å². The minimum absolute atomic E-state index is 0.105. The Morgan fingerprint density at radius 1 is 0.880 bits per heavy atom. The minimum atomic E-state index is -0.222. The van der Waals surface area contributed by atoms with Crippen molar-refractivity contribution in [3.05, 3.63) is 53.6 Å². The summed E-state index contributed by atoms with van der Waals surface area (Å²) in [7, 11) is 4.60. The van der Waals surface area contributed by atoms with Crippen LogP contribution in [0.4, 0.5) is 0 Å². The Bertz CT molecular complexity index is 713. The van der Waals surface area contributed by atoms with Crippen LogP contribution in [0.5, 0.6) is 17.2 Å². The number of hydrogen-bond acceptors (Lipinski definition) is 4. The van der Waals surface area contributed by atoms with Crippen molar-refractivity contribution in [1.82, 2.24) is 5.32 Å². The smallest absolute Gasteiger partial charge is 0.255 e. The Labute approximate surface area is 148 Å². The first-order chi connectivity index (χ1) is 12.0. The summed E-state index contributed by atoms with van der Waals surface area (Å²) in [5.41, 5.74) is 1.46. The van der Waals surface area contributed by atoms with Crippen molar-refractivity contribution >= 4 is 5.91 Å². The highest BCUT2D eigenvalue weighted by Crippen LogP contribution is 2.35. The van der Waals surface area contributed by atoms with Gasteiger partial charge in [0.2, 0.25) is 0 Å². The number of carbonyl (C=O) groups is 1. The van der Waals surface area contributed by atoms with Gasteiger partial charge in [-0.3, -0.25) is 4.79 Å². The quantitative estimate of drug-likeness (QED) is 0.830. The fraction of sp³-hybridized carbons (Fsp3) is 0.350. The van der Waals surface area contributed by atoms with E-state index in [1.165, 1.54) is 14.2 Å². The topological polar surface area (TPSA) is 56.8 Å². The van der Waals surface area contributed by atoms with Gasteiger partial charge in [-0.2, -0.15) is 0 Å². The molecule has 0 aliphatic heterocycles. The van der Waals surface area contributed by atoms with Crippen LogP contribution in [0.3, 0.4) is 0 Å². The number of amides is 1. The average Bonchev–Trinajstić information content (AvgIpc) is 2.65. The van der Waals surface area contributed by atoms with E-state index in [1.54, 1.807) is 19.2 Å². The van der Waals surface area contributed by atoms with Gasteiger partial charge in [-0.05, 0) is 11.5 Å². The summed E-state index contributed by atoms with van der Waals surface area (Å²) in [4.78, 5) is 12.9. The zero-order valence-electron chi connectivity index (χ0n) is 15.3. The summed E-state index contributed by atoms with van der Waals surface area (Å²) in [5.74, 6) is 1.44. The lowest BCUT2D eigenvalue weighted by atomic mass is 9.95. The molecule has 0 bridgehead atoms. The summed E-state index contributed by atoms with van der Waals surface area (Å²) in [6.07, 6.45) is 0. The molecule has 1 N–H and O–H groups in total. The number of hydrogen-bond donors (Lipinski definition) is 1. The standard InChI is InChI=1S/C20H25NO4/c1-13(2)19(14-9-7-6-8-10-14)21-20(22)15-11-17(24-4)18(25-5)12-16(15)23-3/h6-13,19H,1-5H3,(H,21,22). The van der Waals surface area contributed by atoms with Crippen molar-refractivity contribution in [2.45, 2.75) is 19.9 Å². The largest absolute Gasteiger partial charge is 0.496 e. The third kappa shape index (κ3) is 4.24. The average molecular weight is 343 g/mol. The fourth-order valence-corrected chi connectivity index (χ4v) is 2.72. The number of methoxy groups -OCH3 is 3. The highest BCUT2D eigenvalue weighted by Gasteiger charge is 2.23. The summed E-state index contributed by atoms with van der Waals surface area (Å²) in [6, 6.07) is 13.1. The Morgan fingerprint density at radius 3 is 1.96 bits per heavy atom. The van der Waals surface area contributed by atoms with Crippen LogP contribution in [0.1, 0.15) is 35.8 Å². The first-order valence-electron chi connectivity index (χ1n) is 8.17. The molecule has 1 atom stereocenters. The zero-order chi connectivity index (χ0) is 18.4. The zero-order valence-corrected chi connectivity index (χ0v) is 15.3. The molecule has 0 heterocycles. The molecule has 0 radical (unpaired) electrons. The lowest BCUT2D eigenvalue weighted by Crippen LogP contribution is -2.32. The maximum atomic E-state index is 12.9. The molecule has 25 heavy (non-hydrogen) atoms. The molecule has 134 valence electrons. The third-order valence-corrected chi connectivity index (χ3v) is 4.06. The summed E-state index contributed by atoms with van der Waals surface area (Å²) in [6.45, 7) is 4.15. The van der Waals surface area contributed by atoms with Crippen molar-refractivity contribution in [3.63, 3.8) is 0 Å². The molecule has 0 saturated carbocycles. The van der Waals surface area contributed by atoms with E-state index < -0.39 is 0 Å². The van der Waals surface area contributed by atoms with E-state index in [-0.39, 0.29) is 17.9 Å². The molecule has 2 aromatic carbocycles. The lowest BCUT2D eigenvalue weighted by molar-refractivity contribution is 0.0922. The van der Waals surface area contributed by atoms with E-state index >= 15 is 0 Å². The van der Waals surface area contributed by atoms with Gasteiger partial charge in [0.05, 0.1) is 32.9 Å². The van der Waals surface area contributed by atoms with Crippen molar-refractivity contribution in [2.24, 2.45) is 5.92 Å². The summed E-state index contributed by atoms with van der Waals surface area (Å²) in [5, 5.41) is 3.10. The second-order valence-electron chi connectivity index (χ2n) is 6.01. The van der Waals surface area contributed by atoms with Crippen LogP contribution in [-0.2, 0) is 0 Å². The number of carbonyl (C=O) groups excluding carboxylic acids is 1. The minimum Gasteiger partial charge on any atom is -0.496 e. The van der Waals surface area contributed by atoms with Crippen LogP contribution in [0.2, 0.25) is 0 Å². The molecular formula is C20H25NO4. The molecule has 2 rings (SSSR count). The predicted octanol–water partition coefficient (Wildman–Crippen LogP) is 3.84. The molecule has 0 spiro atoms. The Kier molecular flexibility index (Phi) is 6.28. The first-order valence-corrected chi connectivity index (χ1v) is 8.17. The normalized spacial score (nSPS) is 11.8. The number of rotatable bonds is 7. The van der Waals surface area contributed by atoms with Gasteiger partial charge in [0.15, 0.2) is 11.5 Å². The van der Waals surface area contributed by atoms with Crippen LogP contribution < -0.4 is 19.5 Å². The molecular weight excluding hydrogens is 318 g/mol. The lowest BCUT2D eigenvalue weighted by Gasteiger charge is -2.23. The Balaban J connectivity index is 2.36. The van der Waals surface area contributed by atoms with E-state index in [4.69, 9.17) is 14.2 Å². The molecule has 0 aliphatic carbocycles. The van der Waals surface area contributed by atoms with Crippen molar-refractivity contribution in [1.29, 1.82) is 0 Å². The van der Waals surface area contributed by atoms with E-state index in [9.17, 15) is 4.79 Å². The second-order valence-corrected chi connectivity index (χ2v) is 6.01. The van der Waals surface area contributed by atoms with Gasteiger partial charge < -0.3 is 19.5 Å². The molecule has 5 heteroatoms. The number of benzene rings is 2. The van der Waals surface area contributed by atoms with Crippen LogP contribution in [0.25, 0.3) is 0 Å². The monoisotopic (exact) mass is 343 g/mol. The highest BCUT2D eigenvalue weighted by atomic mass is 16.5. The van der Waals surface area contributed by atoms with E-state index in [0.29, 0.717) is 22.8 Å². The van der Waals surface area contributed by atoms with Gasteiger partial charge in [-0.15, -0.1) is 0 Å². The molecule has 1 unspecified atom stereocenters. The molecule has 0 aromatic heterocycles. The van der Waals surface area contributed by atoms with E-state index in [1.807, 2.05) is 30.3 Å². The predicted molar refractivity (Wildman–Crippen MR) is 97.6 cm³/mol. The maximum Gasteiger partial charge on any atom is 0.255 e. The van der Waals surface area contributed by atoms with Crippen molar-refractivity contribution in [3.8, 4) is 17.2 Å².